The Kier molecular flexibility index (Phi) is 7.04. The third-order valence-electron chi connectivity index (χ3n) is 6.52. The van der Waals surface area contributed by atoms with Gasteiger partial charge in [-0.25, -0.2) is 8.42 Å². The van der Waals surface area contributed by atoms with E-state index >= 15 is 0 Å². The van der Waals surface area contributed by atoms with Crippen LogP contribution in [0.1, 0.15) is 24.8 Å². The van der Waals surface area contributed by atoms with Crippen LogP contribution in [0, 0.1) is 0 Å². The van der Waals surface area contributed by atoms with Crippen LogP contribution in [0.25, 0.3) is 0 Å². The van der Waals surface area contributed by atoms with Crippen molar-refractivity contribution >= 4 is 39.0 Å². The second-order valence-electron chi connectivity index (χ2n) is 8.97. The fraction of sp³-hybridized carbons (Fsp3) is 0.435. The lowest BCUT2D eigenvalue weighted by molar-refractivity contribution is -0.153. The van der Waals surface area contributed by atoms with Crippen molar-refractivity contribution in [2.75, 3.05) is 19.7 Å². The maximum atomic E-state index is 13.3. The van der Waals surface area contributed by atoms with Crippen molar-refractivity contribution in [3.63, 3.8) is 0 Å². The summed E-state index contributed by atoms with van der Waals surface area (Å²) in [4.78, 5) is 13.4. The standard InChI is InChI=1S/C23H22Cl2F3NO5S/c24-15-3-1-14(2-4-15)22(7-8-22)12-29-11-17(10-19(29)21(30)31)35(32,33)20-6-5-16(9-18(20)25)34-13-23(26,27)28/h1-6,9,17,19H,7-8,10-13H2,(H,30,31)/t17-,19+/m1/s1. The van der Waals surface area contributed by atoms with Crippen LogP contribution in [0.4, 0.5) is 13.2 Å². The molecule has 35 heavy (non-hydrogen) atoms. The van der Waals surface area contributed by atoms with Crippen molar-refractivity contribution in [2.45, 2.75) is 47.0 Å². The molecule has 4 rings (SSSR count). The molecule has 1 saturated heterocycles. The first-order chi connectivity index (χ1) is 16.3. The van der Waals surface area contributed by atoms with E-state index in [1.807, 2.05) is 12.1 Å². The molecule has 12 heteroatoms. The fourth-order valence-electron chi connectivity index (χ4n) is 4.55. The second-order valence-corrected chi connectivity index (χ2v) is 12.0. The van der Waals surface area contributed by atoms with Crippen LogP contribution < -0.4 is 4.74 Å². The number of carbonyl (C=O) groups is 1. The number of halogens is 5. The van der Waals surface area contributed by atoms with E-state index in [4.69, 9.17) is 23.2 Å². The summed E-state index contributed by atoms with van der Waals surface area (Å²) in [6, 6.07) is 9.56. The molecule has 1 aliphatic heterocycles. The topological polar surface area (TPSA) is 83.9 Å². The molecule has 1 N–H and O–H groups in total. The Balaban J connectivity index is 1.53. The van der Waals surface area contributed by atoms with Crippen LogP contribution in [0.3, 0.4) is 0 Å². The molecule has 1 aliphatic carbocycles. The van der Waals surface area contributed by atoms with E-state index in [-0.39, 0.29) is 34.0 Å². The van der Waals surface area contributed by atoms with Crippen LogP contribution in [-0.2, 0) is 20.0 Å². The molecule has 2 aromatic rings. The van der Waals surface area contributed by atoms with Crippen LogP contribution in [0.2, 0.25) is 10.0 Å². The maximum absolute atomic E-state index is 13.3. The number of carboxylic acid groups (broad SMARTS) is 1. The Bertz CT molecular complexity index is 1220. The van der Waals surface area contributed by atoms with Crippen LogP contribution >= 0.6 is 23.2 Å². The largest absolute Gasteiger partial charge is 0.484 e. The van der Waals surface area contributed by atoms with Gasteiger partial charge in [0.05, 0.1) is 15.2 Å². The maximum Gasteiger partial charge on any atom is 0.422 e. The summed E-state index contributed by atoms with van der Waals surface area (Å²) in [6.45, 7) is -1.16. The zero-order valence-electron chi connectivity index (χ0n) is 18.3. The summed E-state index contributed by atoms with van der Waals surface area (Å²) in [5.74, 6) is -1.34. The van der Waals surface area contributed by atoms with Crippen LogP contribution in [0.15, 0.2) is 47.4 Å². The van der Waals surface area contributed by atoms with E-state index in [0.717, 1.165) is 36.6 Å². The van der Waals surface area contributed by atoms with Crippen molar-refractivity contribution in [1.82, 2.24) is 4.90 Å². The van der Waals surface area contributed by atoms with Gasteiger partial charge in [-0.2, -0.15) is 13.2 Å². The van der Waals surface area contributed by atoms with Crippen molar-refractivity contribution in [2.24, 2.45) is 0 Å². The fourth-order valence-corrected chi connectivity index (χ4v) is 6.94. The quantitative estimate of drug-likeness (QED) is 0.498. The summed E-state index contributed by atoms with van der Waals surface area (Å²) in [7, 11) is -4.07. The molecule has 0 spiro atoms. The molecule has 6 nitrogen and oxygen atoms in total. The summed E-state index contributed by atoms with van der Waals surface area (Å²) in [5.41, 5.74) is 0.765. The van der Waals surface area contributed by atoms with Gasteiger partial charge in [-0.1, -0.05) is 35.3 Å². The van der Waals surface area contributed by atoms with Gasteiger partial charge in [-0.05, 0) is 49.1 Å². The normalized spacial score (nSPS) is 22.2. The lowest BCUT2D eigenvalue weighted by Gasteiger charge is -2.27. The molecule has 0 amide bonds. The lowest BCUT2D eigenvalue weighted by atomic mass is 9.95. The third-order valence-corrected chi connectivity index (χ3v) is 9.38. The molecule has 1 heterocycles. The first kappa shape index (κ1) is 26.1. The Hall–Kier alpha value is -2.01. The smallest absolute Gasteiger partial charge is 0.422 e. The molecule has 0 radical (unpaired) electrons. The average molecular weight is 552 g/mol. The first-order valence-corrected chi connectivity index (χ1v) is 13.1. The summed E-state index contributed by atoms with van der Waals surface area (Å²) < 4.78 is 68.5. The summed E-state index contributed by atoms with van der Waals surface area (Å²) in [6.07, 6.45) is -2.99. The highest BCUT2D eigenvalue weighted by atomic mass is 35.5. The predicted molar refractivity (Wildman–Crippen MR) is 124 cm³/mol. The SMILES string of the molecule is O=C(O)[C@@H]1C[C@@H](S(=O)(=O)c2ccc(OCC(F)(F)F)cc2Cl)CN1CC1(c2ccc(Cl)cc2)CC1. The van der Waals surface area contributed by atoms with E-state index in [1.165, 1.54) is 0 Å². The molecule has 0 bridgehead atoms. The lowest BCUT2D eigenvalue weighted by Crippen LogP contribution is -2.41. The van der Waals surface area contributed by atoms with Gasteiger partial charge < -0.3 is 9.84 Å². The minimum absolute atomic E-state index is 0.00268. The molecule has 2 aliphatic rings. The van der Waals surface area contributed by atoms with Gasteiger partial charge in [-0.15, -0.1) is 0 Å². The number of ether oxygens (including phenoxy) is 1. The highest BCUT2D eigenvalue weighted by molar-refractivity contribution is 7.92. The van der Waals surface area contributed by atoms with Crippen molar-refractivity contribution in [3.05, 3.63) is 58.1 Å². The Labute approximate surface area is 210 Å². The number of carboxylic acids is 1. The number of benzene rings is 2. The minimum Gasteiger partial charge on any atom is -0.484 e. The molecule has 0 unspecified atom stereocenters. The van der Waals surface area contributed by atoms with Crippen LogP contribution in [-0.4, -0.2) is 61.6 Å². The molecule has 190 valence electrons. The van der Waals surface area contributed by atoms with E-state index in [2.05, 4.69) is 4.74 Å². The van der Waals surface area contributed by atoms with E-state index in [1.54, 1.807) is 17.0 Å². The number of sulfone groups is 1. The van der Waals surface area contributed by atoms with Gasteiger partial charge in [0.15, 0.2) is 16.4 Å². The van der Waals surface area contributed by atoms with Gasteiger partial charge in [0, 0.05) is 29.6 Å². The average Bonchev–Trinajstić information content (AvgIpc) is 3.41. The Morgan fingerprint density at radius 2 is 1.80 bits per heavy atom. The van der Waals surface area contributed by atoms with Gasteiger partial charge >= 0.3 is 12.1 Å². The molecule has 0 aromatic heterocycles. The molecule has 2 atom stereocenters. The number of hydrogen-bond acceptors (Lipinski definition) is 5. The van der Waals surface area contributed by atoms with Gasteiger partial charge in [-0.3, -0.25) is 9.69 Å². The van der Waals surface area contributed by atoms with E-state index in [9.17, 15) is 31.5 Å². The van der Waals surface area contributed by atoms with Crippen molar-refractivity contribution in [3.8, 4) is 5.75 Å². The minimum atomic E-state index is -4.55. The number of hydrogen-bond donors (Lipinski definition) is 1. The summed E-state index contributed by atoms with van der Waals surface area (Å²) in [5, 5.41) is 9.06. The molecular formula is C23H22Cl2F3NO5S. The Morgan fingerprint density at radius 1 is 1.14 bits per heavy atom. The van der Waals surface area contributed by atoms with E-state index in [0.29, 0.717) is 11.6 Å². The van der Waals surface area contributed by atoms with Crippen molar-refractivity contribution in [1.29, 1.82) is 0 Å². The van der Waals surface area contributed by atoms with Gasteiger partial charge in [0.2, 0.25) is 0 Å². The molecule has 2 aromatic carbocycles. The van der Waals surface area contributed by atoms with Gasteiger partial charge in [0.25, 0.3) is 0 Å². The van der Waals surface area contributed by atoms with Crippen molar-refractivity contribution < 1.29 is 36.2 Å². The predicted octanol–water partition coefficient (Wildman–Crippen LogP) is 4.97. The molecule has 1 saturated carbocycles. The molecular weight excluding hydrogens is 530 g/mol. The number of rotatable bonds is 8. The number of alkyl halides is 3. The number of likely N-dealkylation sites (tertiary alicyclic amines) is 1. The van der Waals surface area contributed by atoms with Gasteiger partial charge in [0.1, 0.15) is 11.8 Å². The Morgan fingerprint density at radius 3 is 2.34 bits per heavy atom. The highest BCUT2D eigenvalue weighted by Crippen LogP contribution is 2.50. The zero-order chi connectivity index (χ0) is 25.6. The number of nitrogens with zero attached hydrogens (tertiary/aromatic N) is 1. The van der Waals surface area contributed by atoms with E-state index < -0.39 is 39.9 Å². The number of aliphatic carboxylic acids is 1. The summed E-state index contributed by atoms with van der Waals surface area (Å²) >= 11 is 12.1. The molecule has 2 fully saturated rings. The first-order valence-electron chi connectivity index (χ1n) is 10.8. The highest BCUT2D eigenvalue weighted by Gasteiger charge is 2.51. The second kappa shape index (κ2) is 9.46. The monoisotopic (exact) mass is 551 g/mol. The van der Waals surface area contributed by atoms with Crippen LogP contribution in [0.5, 0.6) is 5.75 Å². The third kappa shape index (κ3) is 5.71. The zero-order valence-corrected chi connectivity index (χ0v) is 20.6.